The standard InChI is InChI=1S/C11H15FN2O2S2/c12-10-2-1-8(6-13)5-11(10)18(15,16)14-9-3-4-17-7-9/h1-2,5,9,14H,3-4,6-7,13H2. The lowest BCUT2D eigenvalue weighted by molar-refractivity contribution is 0.544. The SMILES string of the molecule is NCc1ccc(F)c(S(=O)(=O)NC2CCSC2)c1. The number of sulfonamides is 1. The second-order valence-corrected chi connectivity index (χ2v) is 6.98. The molecule has 100 valence electrons. The molecule has 1 atom stereocenters. The van der Waals surface area contributed by atoms with E-state index in [1.54, 1.807) is 11.8 Å². The van der Waals surface area contributed by atoms with Crippen LogP contribution in [0.4, 0.5) is 4.39 Å². The van der Waals surface area contributed by atoms with Crippen LogP contribution in [0, 0.1) is 5.82 Å². The minimum Gasteiger partial charge on any atom is -0.326 e. The number of rotatable bonds is 4. The van der Waals surface area contributed by atoms with Crippen LogP contribution in [-0.2, 0) is 16.6 Å². The van der Waals surface area contributed by atoms with Gasteiger partial charge in [0.1, 0.15) is 10.7 Å². The molecule has 1 aromatic carbocycles. The topological polar surface area (TPSA) is 72.2 Å². The van der Waals surface area contributed by atoms with Crippen molar-refractivity contribution in [2.75, 3.05) is 11.5 Å². The van der Waals surface area contributed by atoms with Crippen molar-refractivity contribution in [3.8, 4) is 0 Å². The van der Waals surface area contributed by atoms with E-state index in [1.807, 2.05) is 0 Å². The number of halogens is 1. The van der Waals surface area contributed by atoms with Crippen molar-refractivity contribution in [2.45, 2.75) is 23.9 Å². The molecule has 0 aromatic heterocycles. The van der Waals surface area contributed by atoms with E-state index in [0.29, 0.717) is 5.56 Å². The Labute approximate surface area is 110 Å². The highest BCUT2D eigenvalue weighted by molar-refractivity contribution is 7.99. The highest BCUT2D eigenvalue weighted by atomic mass is 32.2. The van der Waals surface area contributed by atoms with Gasteiger partial charge < -0.3 is 5.73 Å². The Morgan fingerprint density at radius 1 is 1.50 bits per heavy atom. The number of nitrogens with one attached hydrogen (secondary N) is 1. The third-order valence-electron chi connectivity index (χ3n) is 2.77. The van der Waals surface area contributed by atoms with Gasteiger partial charge in [-0.25, -0.2) is 17.5 Å². The quantitative estimate of drug-likeness (QED) is 0.870. The van der Waals surface area contributed by atoms with Gasteiger partial charge in [0.25, 0.3) is 0 Å². The van der Waals surface area contributed by atoms with Crippen LogP contribution in [0.3, 0.4) is 0 Å². The molecule has 0 aliphatic carbocycles. The fourth-order valence-corrected chi connectivity index (χ4v) is 4.45. The van der Waals surface area contributed by atoms with Crippen molar-refractivity contribution in [1.82, 2.24) is 4.72 Å². The van der Waals surface area contributed by atoms with Crippen LogP contribution in [0.15, 0.2) is 23.1 Å². The minimum atomic E-state index is -3.80. The molecule has 1 heterocycles. The summed E-state index contributed by atoms with van der Waals surface area (Å²) in [5.74, 6) is 0.918. The first-order valence-electron chi connectivity index (χ1n) is 5.61. The Morgan fingerprint density at radius 3 is 2.89 bits per heavy atom. The number of hydrogen-bond acceptors (Lipinski definition) is 4. The molecule has 0 amide bonds. The first-order chi connectivity index (χ1) is 8.53. The second-order valence-electron chi connectivity index (χ2n) is 4.15. The highest BCUT2D eigenvalue weighted by Crippen LogP contribution is 2.21. The summed E-state index contributed by atoms with van der Waals surface area (Å²) in [5.41, 5.74) is 6.03. The Bertz CT molecular complexity index is 528. The van der Waals surface area contributed by atoms with Gasteiger partial charge in [-0.15, -0.1) is 0 Å². The van der Waals surface area contributed by atoms with Crippen molar-refractivity contribution in [3.05, 3.63) is 29.6 Å². The van der Waals surface area contributed by atoms with Crippen molar-refractivity contribution >= 4 is 21.8 Å². The third-order valence-corrected chi connectivity index (χ3v) is 5.47. The van der Waals surface area contributed by atoms with Gasteiger partial charge >= 0.3 is 0 Å². The summed E-state index contributed by atoms with van der Waals surface area (Å²) >= 11 is 1.69. The number of hydrogen-bond donors (Lipinski definition) is 2. The molecule has 1 aliphatic rings. The molecule has 1 unspecified atom stereocenters. The summed E-state index contributed by atoms with van der Waals surface area (Å²) in [6.07, 6.45) is 0.780. The first kappa shape index (κ1) is 13.8. The van der Waals surface area contributed by atoms with Crippen molar-refractivity contribution < 1.29 is 12.8 Å². The van der Waals surface area contributed by atoms with Crippen LogP contribution >= 0.6 is 11.8 Å². The third kappa shape index (κ3) is 3.03. The predicted octanol–water partition coefficient (Wildman–Crippen LogP) is 1.07. The van der Waals surface area contributed by atoms with Gasteiger partial charge in [0.15, 0.2) is 0 Å². The minimum absolute atomic E-state index is 0.110. The maximum atomic E-state index is 13.6. The van der Waals surface area contributed by atoms with E-state index in [0.717, 1.165) is 24.0 Å². The molecule has 1 fully saturated rings. The summed E-state index contributed by atoms with van der Waals surface area (Å²) in [6.45, 7) is 0.183. The van der Waals surface area contributed by atoms with Crippen LogP contribution in [-0.4, -0.2) is 26.0 Å². The summed E-state index contributed by atoms with van der Waals surface area (Å²) in [5, 5.41) is 0. The van der Waals surface area contributed by atoms with Crippen molar-refractivity contribution in [1.29, 1.82) is 0 Å². The lowest BCUT2D eigenvalue weighted by Crippen LogP contribution is -2.35. The molecule has 1 aliphatic heterocycles. The molecule has 0 radical (unpaired) electrons. The van der Waals surface area contributed by atoms with Gasteiger partial charge in [0, 0.05) is 18.3 Å². The maximum Gasteiger partial charge on any atom is 0.243 e. The van der Waals surface area contributed by atoms with E-state index < -0.39 is 15.8 Å². The van der Waals surface area contributed by atoms with E-state index in [-0.39, 0.29) is 17.5 Å². The molecule has 4 nitrogen and oxygen atoms in total. The number of benzene rings is 1. The number of thioether (sulfide) groups is 1. The molecule has 2 rings (SSSR count). The molecular weight excluding hydrogens is 275 g/mol. The normalized spacial score (nSPS) is 20.2. The lowest BCUT2D eigenvalue weighted by atomic mass is 10.2. The van der Waals surface area contributed by atoms with Crippen molar-refractivity contribution in [2.24, 2.45) is 5.73 Å². The zero-order chi connectivity index (χ0) is 13.2. The Morgan fingerprint density at radius 2 is 2.28 bits per heavy atom. The molecule has 7 heteroatoms. The largest absolute Gasteiger partial charge is 0.326 e. The second kappa shape index (κ2) is 5.56. The van der Waals surface area contributed by atoms with Crippen LogP contribution in [0.2, 0.25) is 0 Å². The summed E-state index contributed by atoms with van der Waals surface area (Å²) in [4.78, 5) is -0.317. The van der Waals surface area contributed by atoms with E-state index >= 15 is 0 Å². The highest BCUT2D eigenvalue weighted by Gasteiger charge is 2.25. The number of nitrogens with two attached hydrogens (primary N) is 1. The van der Waals surface area contributed by atoms with Gasteiger partial charge in [-0.3, -0.25) is 0 Å². The van der Waals surface area contributed by atoms with Crippen LogP contribution in [0.5, 0.6) is 0 Å². The van der Waals surface area contributed by atoms with E-state index in [2.05, 4.69) is 4.72 Å². The molecule has 0 bridgehead atoms. The van der Waals surface area contributed by atoms with E-state index in [4.69, 9.17) is 5.73 Å². The average Bonchev–Trinajstić information content (AvgIpc) is 2.81. The Kier molecular flexibility index (Phi) is 4.26. The van der Waals surface area contributed by atoms with E-state index in [1.165, 1.54) is 12.1 Å². The Balaban J connectivity index is 2.27. The van der Waals surface area contributed by atoms with Gasteiger partial charge in [0.2, 0.25) is 10.0 Å². The molecule has 1 aromatic rings. The zero-order valence-electron chi connectivity index (χ0n) is 9.73. The molecule has 3 N–H and O–H groups in total. The van der Waals surface area contributed by atoms with Gasteiger partial charge in [-0.05, 0) is 29.9 Å². The maximum absolute atomic E-state index is 13.6. The lowest BCUT2D eigenvalue weighted by Gasteiger charge is -2.13. The molecule has 0 saturated carbocycles. The Hall–Kier alpha value is -0.630. The summed E-state index contributed by atoms with van der Waals surface area (Å²) in [6, 6.07) is 3.81. The first-order valence-corrected chi connectivity index (χ1v) is 8.25. The molecule has 18 heavy (non-hydrogen) atoms. The van der Waals surface area contributed by atoms with Crippen LogP contribution < -0.4 is 10.5 Å². The van der Waals surface area contributed by atoms with Crippen LogP contribution in [0.25, 0.3) is 0 Å². The van der Waals surface area contributed by atoms with Gasteiger partial charge in [-0.1, -0.05) is 6.07 Å². The monoisotopic (exact) mass is 290 g/mol. The molecule has 1 saturated heterocycles. The fraction of sp³-hybridized carbons (Fsp3) is 0.455. The van der Waals surface area contributed by atoms with Crippen LogP contribution in [0.1, 0.15) is 12.0 Å². The summed E-state index contributed by atoms with van der Waals surface area (Å²) < 4.78 is 40.3. The average molecular weight is 290 g/mol. The zero-order valence-corrected chi connectivity index (χ0v) is 11.4. The molecular formula is C11H15FN2O2S2. The molecule has 0 spiro atoms. The fourth-order valence-electron chi connectivity index (χ4n) is 1.79. The smallest absolute Gasteiger partial charge is 0.243 e. The van der Waals surface area contributed by atoms with Gasteiger partial charge in [0.05, 0.1) is 0 Å². The summed E-state index contributed by atoms with van der Waals surface area (Å²) in [7, 11) is -3.80. The predicted molar refractivity (Wildman–Crippen MR) is 70.3 cm³/mol. The van der Waals surface area contributed by atoms with Crippen molar-refractivity contribution in [3.63, 3.8) is 0 Å². The van der Waals surface area contributed by atoms with E-state index in [9.17, 15) is 12.8 Å². The van der Waals surface area contributed by atoms with Gasteiger partial charge in [-0.2, -0.15) is 11.8 Å².